The van der Waals surface area contributed by atoms with Gasteiger partial charge in [-0.2, -0.15) is 5.26 Å². The zero-order valence-electron chi connectivity index (χ0n) is 17.6. The molecule has 1 aliphatic carbocycles. The van der Waals surface area contributed by atoms with E-state index in [0.717, 1.165) is 6.07 Å². The van der Waals surface area contributed by atoms with Gasteiger partial charge in [0.05, 0.1) is 10.6 Å². The van der Waals surface area contributed by atoms with Crippen LogP contribution in [0.5, 0.6) is 11.6 Å². The highest BCUT2D eigenvalue weighted by Crippen LogP contribution is 2.40. The highest BCUT2D eigenvalue weighted by Gasteiger charge is 2.50. The van der Waals surface area contributed by atoms with Crippen LogP contribution in [0.3, 0.4) is 0 Å². The number of hydrogen-bond acceptors (Lipinski definition) is 6. The number of aromatic nitrogens is 1. The van der Waals surface area contributed by atoms with Crippen molar-refractivity contribution in [1.29, 1.82) is 5.26 Å². The van der Waals surface area contributed by atoms with Gasteiger partial charge in [0.25, 0.3) is 11.8 Å². The molecule has 0 atom stereocenters. The summed E-state index contributed by atoms with van der Waals surface area (Å²) in [6, 6.07) is 8.97. The van der Waals surface area contributed by atoms with Crippen LogP contribution in [0.1, 0.15) is 32.3 Å². The second kappa shape index (κ2) is 9.40. The average molecular weight is 461 g/mol. The van der Waals surface area contributed by atoms with Gasteiger partial charge in [-0.3, -0.25) is 9.59 Å². The van der Waals surface area contributed by atoms with E-state index in [-0.39, 0.29) is 41.7 Å². The van der Waals surface area contributed by atoms with Gasteiger partial charge in [-0.25, -0.2) is 9.37 Å². The molecule has 2 N–H and O–H groups in total. The van der Waals surface area contributed by atoms with Crippen molar-refractivity contribution in [1.82, 2.24) is 15.6 Å². The minimum atomic E-state index is -0.624. The molecule has 2 amide bonds. The third-order valence-corrected chi connectivity index (χ3v) is 5.23. The topological polar surface area (TPSA) is 113 Å². The molecule has 1 aromatic carbocycles. The maximum absolute atomic E-state index is 13.4. The van der Waals surface area contributed by atoms with E-state index in [1.54, 1.807) is 6.07 Å². The molecule has 0 saturated heterocycles. The molecular weight excluding hydrogens is 439 g/mol. The Hall–Kier alpha value is -3.38. The van der Waals surface area contributed by atoms with Crippen molar-refractivity contribution in [3.8, 4) is 17.7 Å². The average Bonchev–Trinajstić information content (AvgIpc) is 2.72. The first-order chi connectivity index (χ1) is 15.1. The van der Waals surface area contributed by atoms with Gasteiger partial charge in [-0.05, 0) is 44.9 Å². The van der Waals surface area contributed by atoms with Gasteiger partial charge in [0.1, 0.15) is 17.6 Å². The maximum atomic E-state index is 13.4. The molecule has 1 aliphatic rings. The highest BCUT2D eigenvalue weighted by atomic mass is 35.5. The number of hydrogen-bond donors (Lipinski definition) is 2. The van der Waals surface area contributed by atoms with Crippen molar-refractivity contribution in [3.63, 3.8) is 0 Å². The molecule has 168 valence electrons. The lowest BCUT2D eigenvalue weighted by atomic mass is 9.64. The van der Waals surface area contributed by atoms with Gasteiger partial charge < -0.3 is 20.1 Å². The lowest BCUT2D eigenvalue weighted by molar-refractivity contribution is -0.129. The Morgan fingerprint density at radius 1 is 1.12 bits per heavy atom. The molecule has 0 bridgehead atoms. The van der Waals surface area contributed by atoms with Gasteiger partial charge >= 0.3 is 0 Å². The fraction of sp³-hybridized carbons (Fsp3) is 0.364. The normalized spacial score (nSPS) is 21.6. The Morgan fingerprint density at radius 2 is 1.75 bits per heavy atom. The lowest BCUT2D eigenvalue weighted by Crippen LogP contribution is -2.69. The number of rotatable bonds is 8. The van der Waals surface area contributed by atoms with Crippen molar-refractivity contribution in [3.05, 3.63) is 52.9 Å². The van der Waals surface area contributed by atoms with Gasteiger partial charge in [0.15, 0.2) is 13.2 Å². The van der Waals surface area contributed by atoms with Gasteiger partial charge in [-0.15, -0.1) is 0 Å². The van der Waals surface area contributed by atoms with E-state index >= 15 is 0 Å². The second-order valence-corrected chi connectivity index (χ2v) is 8.63. The smallest absolute Gasteiger partial charge is 0.258 e. The van der Waals surface area contributed by atoms with Crippen LogP contribution in [0.15, 0.2) is 36.5 Å². The van der Waals surface area contributed by atoms with Crippen LogP contribution in [0.25, 0.3) is 0 Å². The van der Waals surface area contributed by atoms with Crippen molar-refractivity contribution in [2.45, 2.75) is 37.8 Å². The van der Waals surface area contributed by atoms with E-state index in [4.69, 9.17) is 26.3 Å². The lowest BCUT2D eigenvalue weighted by Gasteiger charge is -2.53. The number of nitriles is 1. The monoisotopic (exact) mass is 460 g/mol. The first-order valence-corrected chi connectivity index (χ1v) is 10.2. The summed E-state index contributed by atoms with van der Waals surface area (Å²) in [4.78, 5) is 28.4. The van der Waals surface area contributed by atoms with E-state index in [1.807, 2.05) is 19.9 Å². The molecule has 10 heteroatoms. The van der Waals surface area contributed by atoms with Crippen molar-refractivity contribution in [2.75, 3.05) is 13.2 Å². The number of amides is 2. The van der Waals surface area contributed by atoms with Gasteiger partial charge in [-0.1, -0.05) is 11.6 Å². The van der Waals surface area contributed by atoms with Crippen molar-refractivity contribution in [2.24, 2.45) is 0 Å². The summed E-state index contributed by atoms with van der Waals surface area (Å²) >= 11 is 5.62. The van der Waals surface area contributed by atoms with Crippen LogP contribution in [0.2, 0.25) is 5.02 Å². The second-order valence-electron chi connectivity index (χ2n) is 8.22. The van der Waals surface area contributed by atoms with Gasteiger partial charge in [0, 0.05) is 29.4 Å². The summed E-state index contributed by atoms with van der Waals surface area (Å²) < 4.78 is 24.1. The molecule has 1 saturated carbocycles. The summed E-state index contributed by atoms with van der Waals surface area (Å²) in [6.45, 7) is 3.26. The molecule has 1 aromatic heterocycles. The van der Waals surface area contributed by atoms with Crippen molar-refractivity contribution < 1.29 is 23.5 Å². The van der Waals surface area contributed by atoms with Gasteiger partial charge in [0.2, 0.25) is 5.88 Å². The van der Waals surface area contributed by atoms with Crippen LogP contribution < -0.4 is 20.1 Å². The maximum Gasteiger partial charge on any atom is 0.258 e. The Bertz CT molecular complexity index is 1050. The molecule has 0 unspecified atom stereocenters. The number of ether oxygens (including phenoxy) is 2. The summed E-state index contributed by atoms with van der Waals surface area (Å²) in [5.41, 5.74) is -0.611. The molecule has 0 aliphatic heterocycles. The van der Waals surface area contributed by atoms with Crippen LogP contribution in [0, 0.1) is 17.1 Å². The Morgan fingerprint density at radius 3 is 2.28 bits per heavy atom. The molecule has 0 spiro atoms. The number of halogens is 2. The largest absolute Gasteiger partial charge is 0.484 e. The molecule has 1 heterocycles. The minimum absolute atomic E-state index is 0.0244. The van der Waals surface area contributed by atoms with E-state index < -0.39 is 16.9 Å². The standard InChI is InChI=1S/C22H22ClFN4O4/c1-21(27-18(29)10-31-15-4-5-16(23)17(24)7-15)12-22(2,13-21)28-19(30)11-32-20-6-3-14(8-25)9-26-20/h3-7,9H,10-13H2,1-2H3,(H,27,29)(H,28,30). The van der Waals surface area contributed by atoms with Crippen LogP contribution >= 0.6 is 11.6 Å². The third kappa shape index (κ3) is 6.08. The predicted octanol–water partition coefficient (Wildman–Crippen LogP) is 2.75. The molecule has 3 rings (SSSR count). The molecule has 32 heavy (non-hydrogen) atoms. The van der Waals surface area contributed by atoms with Crippen LogP contribution in [-0.2, 0) is 9.59 Å². The minimum Gasteiger partial charge on any atom is -0.484 e. The van der Waals surface area contributed by atoms with E-state index in [9.17, 15) is 14.0 Å². The summed E-state index contributed by atoms with van der Waals surface area (Å²) in [6.07, 6.45) is 2.39. The number of nitrogens with one attached hydrogen (secondary N) is 2. The third-order valence-electron chi connectivity index (χ3n) is 4.92. The number of carbonyl (C=O) groups excluding carboxylic acids is 2. The Kier molecular flexibility index (Phi) is 6.84. The van der Waals surface area contributed by atoms with Crippen molar-refractivity contribution >= 4 is 23.4 Å². The molecule has 2 aromatic rings. The highest BCUT2D eigenvalue weighted by molar-refractivity contribution is 6.30. The quantitative estimate of drug-likeness (QED) is 0.626. The number of pyridine rings is 1. The summed E-state index contributed by atoms with van der Waals surface area (Å²) in [5, 5.41) is 14.5. The van der Waals surface area contributed by atoms with Crippen LogP contribution in [-0.4, -0.2) is 41.1 Å². The molecular formula is C22H22ClFN4O4. The Labute approximate surface area is 189 Å². The first kappa shape index (κ1) is 23.3. The first-order valence-electron chi connectivity index (χ1n) is 9.79. The zero-order chi connectivity index (χ0) is 23.4. The zero-order valence-corrected chi connectivity index (χ0v) is 18.3. The summed E-state index contributed by atoms with van der Waals surface area (Å²) in [5.74, 6) is -0.849. The van der Waals surface area contributed by atoms with E-state index in [0.29, 0.717) is 18.4 Å². The van der Waals surface area contributed by atoms with Crippen LogP contribution in [0.4, 0.5) is 4.39 Å². The fourth-order valence-electron chi connectivity index (χ4n) is 3.98. The molecule has 0 radical (unpaired) electrons. The molecule has 1 fully saturated rings. The fourth-order valence-corrected chi connectivity index (χ4v) is 4.10. The number of benzene rings is 1. The number of nitrogens with zero attached hydrogens (tertiary/aromatic N) is 2. The van der Waals surface area contributed by atoms with E-state index in [1.165, 1.54) is 24.4 Å². The number of carbonyl (C=O) groups is 2. The summed E-state index contributed by atoms with van der Waals surface area (Å²) in [7, 11) is 0. The predicted molar refractivity (Wildman–Crippen MR) is 114 cm³/mol. The Balaban J connectivity index is 1.41. The molecule has 8 nitrogen and oxygen atoms in total. The van der Waals surface area contributed by atoms with E-state index in [2.05, 4.69) is 15.6 Å². The SMILES string of the molecule is CC1(NC(=O)COc2ccc(Cl)c(F)c2)CC(C)(NC(=O)COc2ccc(C#N)cn2)C1.